The van der Waals surface area contributed by atoms with E-state index in [-0.39, 0.29) is 5.92 Å². The van der Waals surface area contributed by atoms with Crippen LogP contribution in [0.25, 0.3) is 0 Å². The summed E-state index contributed by atoms with van der Waals surface area (Å²) in [5.74, 6) is -0.113. The molecule has 2 fully saturated rings. The van der Waals surface area contributed by atoms with Gasteiger partial charge in [-0.15, -0.1) is 0 Å². The smallest absolute Gasteiger partial charge is 0.306 e. The van der Waals surface area contributed by atoms with E-state index >= 15 is 0 Å². The molecule has 2 aliphatic rings. The first-order chi connectivity index (χ1) is 8.74. The lowest BCUT2D eigenvalue weighted by molar-refractivity contribution is -0.141. The third-order valence-corrected chi connectivity index (χ3v) is 4.49. The quantitative estimate of drug-likeness (QED) is 0.888. The van der Waals surface area contributed by atoms with Gasteiger partial charge in [-0.2, -0.15) is 0 Å². The molecular weight excluding hydrogens is 226 g/mol. The Labute approximate surface area is 107 Å². The molecule has 3 nitrogen and oxygen atoms in total. The van der Waals surface area contributed by atoms with Crippen LogP contribution in [0, 0.1) is 11.8 Å². The largest absolute Gasteiger partial charge is 0.481 e. The van der Waals surface area contributed by atoms with Crippen LogP contribution in [0.5, 0.6) is 0 Å². The van der Waals surface area contributed by atoms with Crippen LogP contribution in [-0.4, -0.2) is 28.6 Å². The van der Waals surface area contributed by atoms with E-state index in [4.69, 9.17) is 5.11 Å². The van der Waals surface area contributed by atoms with Gasteiger partial charge >= 0.3 is 5.97 Å². The number of nitrogens with zero attached hydrogens (tertiary/aromatic N) is 1. The molecule has 3 rings (SSSR count). The highest BCUT2D eigenvalue weighted by molar-refractivity contribution is 5.70. The van der Waals surface area contributed by atoms with E-state index in [1.165, 1.54) is 12.0 Å². The van der Waals surface area contributed by atoms with Gasteiger partial charge < -0.3 is 5.11 Å². The zero-order valence-electron chi connectivity index (χ0n) is 10.5. The lowest BCUT2D eigenvalue weighted by Crippen LogP contribution is -2.30. The topological polar surface area (TPSA) is 40.5 Å². The second-order valence-electron chi connectivity index (χ2n) is 5.58. The number of likely N-dealkylation sites (tertiary alicyclic amines) is 1. The fourth-order valence-corrected chi connectivity index (χ4v) is 3.57. The summed E-state index contributed by atoms with van der Waals surface area (Å²) in [5.41, 5.74) is 1.33. The van der Waals surface area contributed by atoms with Crippen LogP contribution in [0.1, 0.15) is 24.8 Å². The van der Waals surface area contributed by atoms with Crippen LogP contribution in [0.4, 0.5) is 0 Å². The minimum Gasteiger partial charge on any atom is -0.481 e. The summed E-state index contributed by atoms with van der Waals surface area (Å²) < 4.78 is 0. The van der Waals surface area contributed by atoms with Crippen molar-refractivity contribution in [2.24, 2.45) is 11.8 Å². The lowest BCUT2D eigenvalue weighted by Gasteiger charge is -2.23. The van der Waals surface area contributed by atoms with Gasteiger partial charge in [-0.1, -0.05) is 30.3 Å². The average Bonchev–Trinajstić information content (AvgIpc) is 2.93. The highest BCUT2D eigenvalue weighted by atomic mass is 16.4. The molecule has 1 saturated heterocycles. The molecule has 3 unspecified atom stereocenters. The van der Waals surface area contributed by atoms with Crippen molar-refractivity contribution in [1.29, 1.82) is 0 Å². The molecule has 1 aliphatic carbocycles. The maximum absolute atomic E-state index is 11.1. The average molecular weight is 245 g/mol. The van der Waals surface area contributed by atoms with Gasteiger partial charge in [-0.05, 0) is 37.3 Å². The third kappa shape index (κ3) is 2.15. The summed E-state index contributed by atoms with van der Waals surface area (Å²) in [6.45, 7) is 2.09. The third-order valence-electron chi connectivity index (χ3n) is 4.49. The van der Waals surface area contributed by atoms with Gasteiger partial charge in [0.05, 0.1) is 5.92 Å². The number of fused-ring (bicyclic) bond motifs is 1. The van der Waals surface area contributed by atoms with Gasteiger partial charge in [0.2, 0.25) is 0 Å². The number of benzene rings is 1. The van der Waals surface area contributed by atoms with E-state index in [1.54, 1.807) is 0 Å². The Balaban J connectivity index is 1.67. The van der Waals surface area contributed by atoms with Crippen molar-refractivity contribution in [3.8, 4) is 0 Å². The fourth-order valence-electron chi connectivity index (χ4n) is 3.57. The van der Waals surface area contributed by atoms with Crippen LogP contribution < -0.4 is 0 Å². The van der Waals surface area contributed by atoms with Crippen molar-refractivity contribution in [2.45, 2.75) is 31.8 Å². The normalized spacial score (nSPS) is 31.4. The minimum absolute atomic E-state index is 0.112. The number of hydrogen-bond acceptors (Lipinski definition) is 2. The van der Waals surface area contributed by atoms with E-state index in [2.05, 4.69) is 29.2 Å². The Kier molecular flexibility index (Phi) is 3.08. The van der Waals surface area contributed by atoms with E-state index in [0.717, 1.165) is 25.9 Å². The number of aliphatic carboxylic acids is 1. The van der Waals surface area contributed by atoms with E-state index in [9.17, 15) is 4.79 Å². The molecule has 0 amide bonds. The summed E-state index contributed by atoms with van der Waals surface area (Å²) in [4.78, 5) is 13.6. The van der Waals surface area contributed by atoms with Crippen LogP contribution in [0.3, 0.4) is 0 Å². The minimum atomic E-state index is -0.607. The second-order valence-corrected chi connectivity index (χ2v) is 5.58. The van der Waals surface area contributed by atoms with E-state index in [0.29, 0.717) is 12.0 Å². The number of carbonyl (C=O) groups is 1. The summed E-state index contributed by atoms with van der Waals surface area (Å²) in [7, 11) is 0. The summed E-state index contributed by atoms with van der Waals surface area (Å²) in [6, 6.07) is 11.0. The lowest BCUT2D eigenvalue weighted by atomic mass is 10.0. The Bertz CT molecular complexity index is 431. The monoisotopic (exact) mass is 245 g/mol. The first kappa shape index (κ1) is 11.7. The molecule has 0 bridgehead atoms. The maximum Gasteiger partial charge on any atom is 0.306 e. The number of carboxylic acids is 1. The van der Waals surface area contributed by atoms with E-state index in [1.807, 2.05) is 6.07 Å². The summed E-state index contributed by atoms with van der Waals surface area (Å²) >= 11 is 0. The summed E-state index contributed by atoms with van der Waals surface area (Å²) in [6.07, 6.45) is 2.89. The maximum atomic E-state index is 11.1. The molecule has 1 N–H and O–H groups in total. The molecule has 96 valence electrons. The SMILES string of the molecule is O=C(O)C1CC2CCN(Cc3ccccc3)C2C1. The molecular formula is C15H19NO2. The second kappa shape index (κ2) is 4.73. The Morgan fingerprint density at radius 2 is 2.06 bits per heavy atom. The highest BCUT2D eigenvalue weighted by Crippen LogP contribution is 2.41. The molecule has 1 heterocycles. The van der Waals surface area contributed by atoms with Crippen molar-refractivity contribution in [3.05, 3.63) is 35.9 Å². The van der Waals surface area contributed by atoms with E-state index < -0.39 is 5.97 Å². The van der Waals surface area contributed by atoms with Crippen molar-refractivity contribution >= 4 is 5.97 Å². The molecule has 0 radical (unpaired) electrons. The molecule has 18 heavy (non-hydrogen) atoms. The van der Waals surface area contributed by atoms with Gasteiger partial charge in [-0.25, -0.2) is 0 Å². The predicted octanol–water partition coefficient (Wildman–Crippen LogP) is 2.37. The number of carboxylic acid groups (broad SMARTS) is 1. The molecule has 0 spiro atoms. The van der Waals surface area contributed by atoms with Crippen LogP contribution in [0.15, 0.2) is 30.3 Å². The van der Waals surface area contributed by atoms with Crippen LogP contribution >= 0.6 is 0 Å². The summed E-state index contributed by atoms with van der Waals surface area (Å²) in [5, 5.41) is 9.13. The standard InChI is InChI=1S/C15H19NO2/c17-15(18)13-8-12-6-7-16(14(12)9-13)10-11-4-2-1-3-5-11/h1-5,12-14H,6-10H2,(H,17,18). The van der Waals surface area contributed by atoms with Gasteiger partial charge in [0, 0.05) is 12.6 Å². The Hall–Kier alpha value is -1.35. The molecule has 3 atom stereocenters. The number of rotatable bonds is 3. The van der Waals surface area contributed by atoms with Crippen LogP contribution in [0.2, 0.25) is 0 Å². The zero-order chi connectivity index (χ0) is 12.5. The highest BCUT2D eigenvalue weighted by Gasteiger charge is 2.44. The van der Waals surface area contributed by atoms with Gasteiger partial charge in [0.15, 0.2) is 0 Å². The molecule has 3 heteroatoms. The van der Waals surface area contributed by atoms with Gasteiger partial charge in [0.1, 0.15) is 0 Å². The molecule has 0 aromatic heterocycles. The fraction of sp³-hybridized carbons (Fsp3) is 0.533. The Morgan fingerprint density at radius 3 is 2.78 bits per heavy atom. The predicted molar refractivity (Wildman–Crippen MR) is 69.1 cm³/mol. The van der Waals surface area contributed by atoms with Crippen molar-refractivity contribution in [2.75, 3.05) is 6.54 Å². The first-order valence-corrected chi connectivity index (χ1v) is 6.75. The van der Waals surface area contributed by atoms with Crippen LogP contribution in [-0.2, 0) is 11.3 Å². The van der Waals surface area contributed by atoms with Crippen molar-refractivity contribution < 1.29 is 9.90 Å². The number of hydrogen-bond donors (Lipinski definition) is 1. The first-order valence-electron chi connectivity index (χ1n) is 6.75. The van der Waals surface area contributed by atoms with Crippen molar-refractivity contribution in [3.63, 3.8) is 0 Å². The molecule has 1 aliphatic heterocycles. The molecule has 1 aromatic rings. The van der Waals surface area contributed by atoms with Gasteiger partial charge in [0.25, 0.3) is 0 Å². The molecule has 1 saturated carbocycles. The molecule has 1 aromatic carbocycles. The Morgan fingerprint density at radius 1 is 1.28 bits per heavy atom. The zero-order valence-corrected chi connectivity index (χ0v) is 10.5. The van der Waals surface area contributed by atoms with Crippen molar-refractivity contribution in [1.82, 2.24) is 4.90 Å². The van der Waals surface area contributed by atoms with Gasteiger partial charge in [-0.3, -0.25) is 9.69 Å².